The monoisotopic (exact) mass is 544 g/mol. The Morgan fingerprint density at radius 3 is 2.45 bits per heavy atom. The molecule has 0 spiro atoms. The van der Waals surface area contributed by atoms with Gasteiger partial charge in [-0.15, -0.1) is 0 Å². The number of carbonyl (C=O) groups excluding carboxylic acids is 1. The minimum absolute atomic E-state index is 0.156. The van der Waals surface area contributed by atoms with Crippen molar-refractivity contribution >= 4 is 11.5 Å². The van der Waals surface area contributed by atoms with Crippen molar-refractivity contribution in [1.82, 2.24) is 9.80 Å². The number of fused-ring (bicyclic) bond motifs is 2. The van der Waals surface area contributed by atoms with Crippen LogP contribution in [0.2, 0.25) is 0 Å². The lowest BCUT2D eigenvalue weighted by atomic mass is 9.81. The van der Waals surface area contributed by atoms with Crippen molar-refractivity contribution in [2.75, 3.05) is 32.7 Å². The predicted octanol–water partition coefficient (Wildman–Crippen LogP) is 7.42. The van der Waals surface area contributed by atoms with Crippen LogP contribution in [0, 0.1) is 0 Å². The highest BCUT2D eigenvalue weighted by atomic mass is 16.5. The largest absolute Gasteiger partial charge is 0.483 e. The van der Waals surface area contributed by atoms with Crippen LogP contribution in [0.3, 0.4) is 0 Å². The Hall–Kier alpha value is -2.63. The summed E-state index contributed by atoms with van der Waals surface area (Å²) >= 11 is 0. The zero-order chi connectivity index (χ0) is 28.0. The van der Waals surface area contributed by atoms with Crippen LogP contribution in [0.5, 0.6) is 11.5 Å². The molecule has 0 unspecified atom stereocenters. The quantitative estimate of drug-likeness (QED) is 0.177. The van der Waals surface area contributed by atoms with Crippen LogP contribution >= 0.6 is 0 Å². The van der Waals surface area contributed by atoms with Crippen molar-refractivity contribution in [2.24, 2.45) is 0 Å². The molecule has 0 atom stereocenters. The van der Waals surface area contributed by atoms with Crippen LogP contribution < -0.4 is 9.47 Å². The Morgan fingerprint density at radius 1 is 0.925 bits per heavy atom. The molecular formula is C35H48N2O3. The molecule has 1 fully saturated rings. The third-order valence-electron chi connectivity index (χ3n) is 8.79. The molecule has 0 saturated carbocycles. The van der Waals surface area contributed by atoms with E-state index in [0.29, 0.717) is 12.3 Å². The van der Waals surface area contributed by atoms with E-state index in [1.165, 1.54) is 54.4 Å². The van der Waals surface area contributed by atoms with E-state index in [2.05, 4.69) is 73.0 Å². The summed E-state index contributed by atoms with van der Waals surface area (Å²) < 4.78 is 13.0. The summed E-state index contributed by atoms with van der Waals surface area (Å²) in [5.74, 6) is 1.40. The van der Waals surface area contributed by atoms with E-state index in [-0.39, 0.29) is 11.6 Å². The maximum atomic E-state index is 13.4. The van der Waals surface area contributed by atoms with E-state index >= 15 is 0 Å². The number of likely N-dealkylation sites (tertiary alicyclic amines) is 1. The Balaban J connectivity index is 1.44. The van der Waals surface area contributed by atoms with Gasteiger partial charge in [-0.2, -0.15) is 0 Å². The first-order chi connectivity index (χ1) is 19.4. The van der Waals surface area contributed by atoms with Crippen molar-refractivity contribution in [3.8, 4) is 11.5 Å². The first kappa shape index (κ1) is 28.9. The topological polar surface area (TPSA) is 42.0 Å². The van der Waals surface area contributed by atoms with Gasteiger partial charge in [0.15, 0.2) is 0 Å². The summed E-state index contributed by atoms with van der Waals surface area (Å²) in [7, 11) is 0. The normalized spacial score (nSPS) is 19.4. The molecule has 1 saturated heterocycles. The molecule has 3 aliphatic rings. The smallest absolute Gasteiger partial charge is 0.325 e. The molecule has 5 nitrogen and oxygen atoms in total. The fourth-order valence-corrected chi connectivity index (χ4v) is 6.66. The van der Waals surface area contributed by atoms with E-state index in [4.69, 9.17) is 9.47 Å². The van der Waals surface area contributed by atoms with E-state index in [1.807, 2.05) is 0 Å². The molecule has 3 aliphatic heterocycles. The molecule has 0 N–H and O–H groups in total. The van der Waals surface area contributed by atoms with E-state index < -0.39 is 0 Å². The first-order valence-electron chi connectivity index (χ1n) is 15.7. The van der Waals surface area contributed by atoms with Crippen molar-refractivity contribution in [1.29, 1.82) is 0 Å². The van der Waals surface area contributed by atoms with Crippen molar-refractivity contribution in [3.63, 3.8) is 0 Å². The second-order valence-electron chi connectivity index (χ2n) is 12.5. The third-order valence-corrected chi connectivity index (χ3v) is 8.79. The molecule has 0 aliphatic carbocycles. The molecule has 0 amide bonds. The summed E-state index contributed by atoms with van der Waals surface area (Å²) in [5, 5.41) is 0. The van der Waals surface area contributed by atoms with Gasteiger partial charge < -0.3 is 9.47 Å². The summed E-state index contributed by atoms with van der Waals surface area (Å²) in [5.41, 5.74) is 5.76. The Morgan fingerprint density at radius 2 is 1.70 bits per heavy atom. The highest BCUT2D eigenvalue weighted by Crippen LogP contribution is 2.49. The van der Waals surface area contributed by atoms with E-state index in [0.717, 1.165) is 76.1 Å². The molecule has 3 heterocycles. The molecule has 40 heavy (non-hydrogen) atoms. The van der Waals surface area contributed by atoms with Gasteiger partial charge in [0.1, 0.15) is 17.1 Å². The van der Waals surface area contributed by atoms with Gasteiger partial charge in [-0.25, -0.2) is 0 Å². The average Bonchev–Trinajstić information content (AvgIpc) is 3.19. The number of nitrogens with zero attached hydrogens (tertiary/aromatic N) is 2. The number of unbranched alkanes of at least 4 members (excludes halogenated alkanes) is 3. The lowest BCUT2D eigenvalue weighted by molar-refractivity contribution is -0.135. The van der Waals surface area contributed by atoms with Crippen LogP contribution in [-0.4, -0.2) is 54.1 Å². The van der Waals surface area contributed by atoms with Crippen LogP contribution in [-0.2, 0) is 17.8 Å². The molecule has 5 heteroatoms. The Kier molecular flexibility index (Phi) is 9.64. The van der Waals surface area contributed by atoms with Crippen molar-refractivity contribution in [2.45, 2.75) is 97.1 Å². The number of ether oxygens (including phenoxy) is 2. The number of aryl methyl sites for hydroxylation is 1. The van der Waals surface area contributed by atoms with Gasteiger partial charge in [-0.3, -0.25) is 14.6 Å². The fraction of sp³-hybridized carbons (Fsp3) is 0.571. The number of esters is 1. The van der Waals surface area contributed by atoms with E-state index in [1.54, 1.807) is 0 Å². The van der Waals surface area contributed by atoms with Gasteiger partial charge in [-0.1, -0.05) is 69.4 Å². The first-order valence-corrected chi connectivity index (χ1v) is 15.7. The third kappa shape index (κ3) is 7.16. The second-order valence-corrected chi connectivity index (χ2v) is 12.5. The molecule has 0 aromatic heterocycles. The highest BCUT2D eigenvalue weighted by molar-refractivity contribution is 5.85. The lowest BCUT2D eigenvalue weighted by Gasteiger charge is -2.42. The number of carbonyl (C=O) groups is 1. The maximum absolute atomic E-state index is 13.4. The zero-order valence-electron chi connectivity index (χ0n) is 25.0. The fourth-order valence-electron chi connectivity index (χ4n) is 6.66. The Labute approximate surface area is 241 Å². The molecule has 0 radical (unpaired) electrons. The van der Waals surface area contributed by atoms with Gasteiger partial charge in [0.25, 0.3) is 0 Å². The van der Waals surface area contributed by atoms with Gasteiger partial charge in [0.2, 0.25) is 0 Å². The maximum Gasteiger partial charge on any atom is 0.325 e. The summed E-state index contributed by atoms with van der Waals surface area (Å²) in [6, 6.07) is 15.0. The number of rotatable bonds is 10. The number of hydrogen-bond acceptors (Lipinski definition) is 5. The second kappa shape index (κ2) is 13.4. The van der Waals surface area contributed by atoms with Gasteiger partial charge in [0.05, 0.1) is 12.1 Å². The molecule has 5 rings (SSSR count). The average molecular weight is 545 g/mol. The van der Waals surface area contributed by atoms with Gasteiger partial charge >= 0.3 is 5.97 Å². The molecule has 216 valence electrons. The van der Waals surface area contributed by atoms with Gasteiger partial charge in [0, 0.05) is 19.6 Å². The molecule has 2 aromatic carbocycles. The standard InChI is InChI=1S/C35H48N2O3/c1-4-5-6-10-17-28-22-31(39-33(38)26-36-19-13-7-8-14-20-36)34-29-25-37(24-27-15-11-9-12-16-27)21-18-30(29)35(2,3)40-32(34)23-28/h9,11-12,15-16,22-23H,4-8,10,13-14,17-21,24-26H2,1-3H3. The SMILES string of the molecule is CCCCCCc1cc(OC(=O)CN2CCCCCC2)c2c(c1)OC(C)(C)C1=C2CN(Cc2ccccc2)CC1. The van der Waals surface area contributed by atoms with Crippen LogP contribution in [0.4, 0.5) is 0 Å². The minimum atomic E-state index is -0.380. The van der Waals surface area contributed by atoms with Crippen LogP contribution in [0.25, 0.3) is 5.57 Å². The van der Waals surface area contributed by atoms with Crippen LogP contribution in [0.15, 0.2) is 48.0 Å². The summed E-state index contributed by atoms with van der Waals surface area (Å²) in [6.45, 7) is 11.7. The number of benzene rings is 2. The molecule has 2 aromatic rings. The summed E-state index contributed by atoms with van der Waals surface area (Å²) in [4.78, 5) is 18.1. The van der Waals surface area contributed by atoms with Crippen molar-refractivity contribution in [3.05, 3.63) is 64.7 Å². The van der Waals surface area contributed by atoms with Crippen LogP contribution in [0.1, 0.15) is 95.2 Å². The van der Waals surface area contributed by atoms with Gasteiger partial charge in [-0.05, 0) is 93.4 Å². The number of hydrogen-bond donors (Lipinski definition) is 0. The highest BCUT2D eigenvalue weighted by Gasteiger charge is 2.39. The minimum Gasteiger partial charge on any atom is -0.483 e. The lowest BCUT2D eigenvalue weighted by Crippen LogP contribution is -2.42. The van der Waals surface area contributed by atoms with Crippen molar-refractivity contribution < 1.29 is 14.3 Å². The summed E-state index contributed by atoms with van der Waals surface area (Å²) in [6.07, 6.45) is 11.6. The Bertz CT molecular complexity index is 1180. The molecule has 0 bridgehead atoms. The zero-order valence-corrected chi connectivity index (χ0v) is 25.0. The molecular weight excluding hydrogens is 496 g/mol. The predicted molar refractivity (Wildman–Crippen MR) is 163 cm³/mol. The van der Waals surface area contributed by atoms with E-state index in [9.17, 15) is 4.79 Å².